The third kappa shape index (κ3) is 3.18. The minimum atomic E-state index is -0.637. The van der Waals surface area contributed by atoms with Crippen LogP contribution in [-0.2, 0) is 19.0 Å². The number of hydrogen-bond acceptors (Lipinski definition) is 4. The van der Waals surface area contributed by atoms with E-state index in [-0.39, 0.29) is 12.8 Å². The second kappa shape index (κ2) is 4.49. The molecule has 0 radical (unpaired) electrons. The third-order valence-electron chi connectivity index (χ3n) is 2.76. The first-order valence-corrected chi connectivity index (χ1v) is 5.28. The lowest BCUT2D eigenvalue weighted by molar-refractivity contribution is -0.220. The molecule has 1 saturated heterocycles. The Kier molecular flexibility index (Phi) is 3.73. The predicted octanol–water partition coefficient (Wildman–Crippen LogP) is 1.73. The van der Waals surface area contributed by atoms with Crippen LogP contribution in [0.15, 0.2) is 0 Å². The second-order valence-electron chi connectivity index (χ2n) is 4.89. The highest BCUT2D eigenvalue weighted by Gasteiger charge is 2.37. The highest BCUT2D eigenvalue weighted by Crippen LogP contribution is 2.26. The fourth-order valence-electron chi connectivity index (χ4n) is 1.18. The quantitative estimate of drug-likeness (QED) is 0.674. The Labute approximate surface area is 90.9 Å². The van der Waals surface area contributed by atoms with E-state index in [1.54, 1.807) is 0 Å². The molecule has 0 aromatic rings. The first-order chi connectivity index (χ1) is 6.90. The molecule has 0 spiro atoms. The largest absolute Gasteiger partial charge is 0.454 e. The van der Waals surface area contributed by atoms with E-state index in [4.69, 9.17) is 14.2 Å². The molecule has 1 fully saturated rings. The van der Waals surface area contributed by atoms with Gasteiger partial charge in [-0.2, -0.15) is 0 Å². The number of rotatable bonds is 3. The molecule has 0 aromatic heterocycles. The first kappa shape index (κ1) is 12.5. The molecule has 0 atom stereocenters. The molecule has 0 aliphatic carbocycles. The van der Waals surface area contributed by atoms with Crippen LogP contribution < -0.4 is 0 Å². The maximum atomic E-state index is 11.8. The van der Waals surface area contributed by atoms with Gasteiger partial charge in [-0.15, -0.1) is 0 Å². The van der Waals surface area contributed by atoms with Gasteiger partial charge in [0.05, 0.1) is 18.6 Å². The Morgan fingerprint density at radius 3 is 2.40 bits per heavy atom. The van der Waals surface area contributed by atoms with Gasteiger partial charge in [-0.1, -0.05) is 6.92 Å². The highest BCUT2D eigenvalue weighted by atomic mass is 16.7. The van der Waals surface area contributed by atoms with Gasteiger partial charge in [0.15, 0.2) is 5.60 Å². The van der Waals surface area contributed by atoms with Crippen LogP contribution in [0.5, 0.6) is 0 Å². The Balaban J connectivity index is 2.56. The number of hydrogen-bond donors (Lipinski definition) is 0. The molecule has 0 N–H and O–H groups in total. The molecule has 0 amide bonds. The van der Waals surface area contributed by atoms with Gasteiger partial charge in [-0.3, -0.25) is 4.79 Å². The number of carbonyl (C=O) groups excluding carboxylic acids is 1. The van der Waals surface area contributed by atoms with Gasteiger partial charge < -0.3 is 14.2 Å². The van der Waals surface area contributed by atoms with Crippen molar-refractivity contribution >= 4 is 5.97 Å². The average molecular weight is 216 g/mol. The van der Waals surface area contributed by atoms with Gasteiger partial charge in [0.25, 0.3) is 0 Å². The molecule has 0 aromatic carbocycles. The highest BCUT2D eigenvalue weighted by molar-refractivity contribution is 5.76. The first-order valence-electron chi connectivity index (χ1n) is 5.28. The molecule has 0 bridgehead atoms. The van der Waals surface area contributed by atoms with Gasteiger partial charge in [-0.25, -0.2) is 0 Å². The molecule has 4 heteroatoms. The van der Waals surface area contributed by atoms with E-state index < -0.39 is 11.0 Å². The zero-order chi connectivity index (χ0) is 11.5. The summed E-state index contributed by atoms with van der Waals surface area (Å²) in [6.07, 6.45) is 0.754. The van der Waals surface area contributed by atoms with Crippen molar-refractivity contribution in [2.45, 2.75) is 39.7 Å². The average Bonchev–Trinajstić information content (AvgIpc) is 2.18. The van der Waals surface area contributed by atoms with Crippen molar-refractivity contribution in [3.8, 4) is 0 Å². The summed E-state index contributed by atoms with van der Waals surface area (Å²) in [5.74, 6) is -0.193. The van der Waals surface area contributed by atoms with Crippen LogP contribution in [-0.4, -0.2) is 31.6 Å². The number of ether oxygens (including phenoxy) is 3. The Morgan fingerprint density at radius 2 is 1.93 bits per heavy atom. The van der Waals surface area contributed by atoms with E-state index in [0.717, 1.165) is 6.42 Å². The SMILES string of the molecule is CCC(C)(C)C(=O)OC1(C)COCOC1. The van der Waals surface area contributed by atoms with Crippen LogP contribution in [0.2, 0.25) is 0 Å². The lowest BCUT2D eigenvalue weighted by atomic mass is 9.90. The fourth-order valence-corrected chi connectivity index (χ4v) is 1.18. The zero-order valence-electron chi connectivity index (χ0n) is 9.96. The van der Waals surface area contributed by atoms with Crippen molar-refractivity contribution in [1.29, 1.82) is 0 Å². The molecule has 4 nitrogen and oxygen atoms in total. The summed E-state index contributed by atoms with van der Waals surface area (Å²) in [7, 11) is 0. The molecule has 1 aliphatic rings. The van der Waals surface area contributed by atoms with Crippen LogP contribution in [0.25, 0.3) is 0 Å². The Bertz CT molecular complexity index is 229. The predicted molar refractivity (Wildman–Crippen MR) is 55.3 cm³/mol. The van der Waals surface area contributed by atoms with Gasteiger partial charge in [0, 0.05) is 0 Å². The maximum Gasteiger partial charge on any atom is 0.312 e. The number of esters is 1. The molecule has 1 aliphatic heterocycles. The minimum Gasteiger partial charge on any atom is -0.454 e. The topological polar surface area (TPSA) is 44.8 Å². The lowest BCUT2D eigenvalue weighted by Gasteiger charge is -2.35. The van der Waals surface area contributed by atoms with Gasteiger partial charge in [0.2, 0.25) is 0 Å². The van der Waals surface area contributed by atoms with Gasteiger partial charge in [-0.05, 0) is 27.2 Å². The van der Waals surface area contributed by atoms with Crippen LogP contribution in [0.3, 0.4) is 0 Å². The van der Waals surface area contributed by atoms with Crippen molar-refractivity contribution in [2.24, 2.45) is 5.41 Å². The van der Waals surface area contributed by atoms with E-state index in [1.165, 1.54) is 0 Å². The third-order valence-corrected chi connectivity index (χ3v) is 2.76. The Morgan fingerprint density at radius 1 is 1.40 bits per heavy atom. The molecule has 0 unspecified atom stereocenters. The minimum absolute atomic E-state index is 0.193. The van der Waals surface area contributed by atoms with Gasteiger partial charge in [0.1, 0.15) is 6.79 Å². The summed E-state index contributed by atoms with van der Waals surface area (Å²) < 4.78 is 15.7. The molecule has 1 heterocycles. The van der Waals surface area contributed by atoms with Crippen molar-refractivity contribution in [3.05, 3.63) is 0 Å². The summed E-state index contributed by atoms with van der Waals surface area (Å²) in [5, 5.41) is 0. The summed E-state index contributed by atoms with van der Waals surface area (Å²) in [4.78, 5) is 11.8. The van der Waals surface area contributed by atoms with E-state index in [0.29, 0.717) is 13.2 Å². The summed E-state index contributed by atoms with van der Waals surface area (Å²) in [6.45, 7) is 8.64. The van der Waals surface area contributed by atoms with Crippen LogP contribution in [0.1, 0.15) is 34.1 Å². The van der Waals surface area contributed by atoms with Crippen LogP contribution in [0, 0.1) is 5.41 Å². The maximum absolute atomic E-state index is 11.8. The number of carbonyl (C=O) groups is 1. The second-order valence-corrected chi connectivity index (χ2v) is 4.89. The van der Waals surface area contributed by atoms with E-state index in [1.807, 2.05) is 27.7 Å². The molecule has 0 saturated carbocycles. The van der Waals surface area contributed by atoms with Crippen molar-refractivity contribution in [3.63, 3.8) is 0 Å². The van der Waals surface area contributed by atoms with E-state index in [9.17, 15) is 4.79 Å². The van der Waals surface area contributed by atoms with Crippen molar-refractivity contribution in [1.82, 2.24) is 0 Å². The van der Waals surface area contributed by atoms with Gasteiger partial charge >= 0.3 is 5.97 Å². The normalized spacial score (nSPS) is 21.1. The fraction of sp³-hybridized carbons (Fsp3) is 0.909. The van der Waals surface area contributed by atoms with Crippen LogP contribution >= 0.6 is 0 Å². The molecule has 1 rings (SSSR count). The summed E-state index contributed by atoms with van der Waals surface area (Å²) in [6, 6.07) is 0. The summed E-state index contributed by atoms with van der Waals surface area (Å²) >= 11 is 0. The smallest absolute Gasteiger partial charge is 0.312 e. The molecular weight excluding hydrogens is 196 g/mol. The standard InChI is InChI=1S/C11H20O4/c1-5-10(2,3)9(12)15-11(4)6-13-8-14-7-11/h5-8H2,1-4H3. The van der Waals surface area contributed by atoms with Crippen molar-refractivity contribution in [2.75, 3.05) is 20.0 Å². The van der Waals surface area contributed by atoms with E-state index >= 15 is 0 Å². The molecule has 88 valence electrons. The molecule has 15 heavy (non-hydrogen) atoms. The van der Waals surface area contributed by atoms with Crippen LogP contribution in [0.4, 0.5) is 0 Å². The van der Waals surface area contributed by atoms with E-state index in [2.05, 4.69) is 0 Å². The van der Waals surface area contributed by atoms with Crippen molar-refractivity contribution < 1.29 is 19.0 Å². The monoisotopic (exact) mass is 216 g/mol. The Hall–Kier alpha value is -0.610. The zero-order valence-corrected chi connectivity index (χ0v) is 9.96. The summed E-state index contributed by atoms with van der Waals surface area (Å²) in [5.41, 5.74) is -1.08. The molecular formula is C11H20O4. The lowest BCUT2D eigenvalue weighted by Crippen LogP contribution is -2.47.